The minimum atomic E-state index is -0.250. The van der Waals surface area contributed by atoms with Crippen LogP contribution in [0.25, 0.3) is 0 Å². The highest BCUT2D eigenvalue weighted by Gasteiger charge is 2.63. The fourth-order valence-corrected chi connectivity index (χ4v) is 6.24. The van der Waals surface area contributed by atoms with E-state index in [9.17, 15) is 9.59 Å². The zero-order chi connectivity index (χ0) is 21.4. The fourth-order valence-electron chi connectivity index (χ4n) is 6.24. The number of hydrogen-bond acceptors (Lipinski definition) is 4. The SMILES string of the molecule is CNC(=O)[C@@]12CCC3(CCN(C(=O)NCc4cccc(OC)c4)CC3)[C@H]1CN(C)C2. The number of carbonyl (C=O) groups is 2. The topological polar surface area (TPSA) is 73.9 Å². The molecule has 164 valence electrons. The number of ether oxygens (including phenoxy) is 1. The number of amides is 3. The Morgan fingerprint density at radius 1 is 1.20 bits per heavy atom. The lowest BCUT2D eigenvalue weighted by molar-refractivity contribution is -0.132. The zero-order valence-corrected chi connectivity index (χ0v) is 18.4. The molecule has 2 heterocycles. The van der Waals surface area contributed by atoms with Crippen LogP contribution in [0.5, 0.6) is 5.75 Å². The number of benzene rings is 1. The Bertz CT molecular complexity index is 805. The first-order valence-electron chi connectivity index (χ1n) is 11.0. The number of urea groups is 1. The average Bonchev–Trinajstić information content (AvgIpc) is 3.27. The van der Waals surface area contributed by atoms with E-state index in [0.29, 0.717) is 12.5 Å². The monoisotopic (exact) mass is 414 g/mol. The number of hydrogen-bond donors (Lipinski definition) is 2. The quantitative estimate of drug-likeness (QED) is 0.791. The number of nitrogens with one attached hydrogen (secondary N) is 2. The van der Waals surface area contributed by atoms with Gasteiger partial charge >= 0.3 is 6.03 Å². The second-order valence-electron chi connectivity index (χ2n) is 9.34. The highest BCUT2D eigenvalue weighted by molar-refractivity contribution is 5.84. The summed E-state index contributed by atoms with van der Waals surface area (Å²) in [5.41, 5.74) is 0.956. The number of methoxy groups -OCH3 is 1. The number of rotatable bonds is 4. The average molecular weight is 415 g/mol. The second-order valence-corrected chi connectivity index (χ2v) is 9.34. The van der Waals surface area contributed by atoms with Crippen molar-refractivity contribution in [3.63, 3.8) is 0 Å². The summed E-state index contributed by atoms with van der Waals surface area (Å²) < 4.78 is 5.25. The number of piperidine rings is 1. The Hall–Kier alpha value is -2.28. The van der Waals surface area contributed by atoms with Crippen molar-refractivity contribution in [1.82, 2.24) is 20.4 Å². The Labute approximate surface area is 179 Å². The van der Waals surface area contributed by atoms with Gasteiger partial charge in [-0.1, -0.05) is 12.1 Å². The molecule has 2 N–H and O–H groups in total. The van der Waals surface area contributed by atoms with E-state index < -0.39 is 0 Å². The largest absolute Gasteiger partial charge is 0.497 e. The van der Waals surface area contributed by atoms with Crippen molar-refractivity contribution in [2.24, 2.45) is 16.7 Å². The van der Waals surface area contributed by atoms with Crippen LogP contribution in [0.4, 0.5) is 4.79 Å². The van der Waals surface area contributed by atoms with E-state index in [0.717, 1.165) is 63.2 Å². The third kappa shape index (κ3) is 3.53. The summed E-state index contributed by atoms with van der Waals surface area (Å²) in [4.78, 5) is 29.8. The predicted molar refractivity (Wildman–Crippen MR) is 115 cm³/mol. The van der Waals surface area contributed by atoms with Crippen LogP contribution in [-0.2, 0) is 11.3 Å². The van der Waals surface area contributed by atoms with Gasteiger partial charge in [-0.3, -0.25) is 4.79 Å². The van der Waals surface area contributed by atoms with Gasteiger partial charge in [0.05, 0.1) is 12.5 Å². The van der Waals surface area contributed by atoms with E-state index in [1.165, 1.54) is 0 Å². The summed E-state index contributed by atoms with van der Waals surface area (Å²) in [5, 5.41) is 5.98. The van der Waals surface area contributed by atoms with Gasteiger partial charge in [0.25, 0.3) is 0 Å². The van der Waals surface area contributed by atoms with Crippen LogP contribution in [-0.4, -0.2) is 69.1 Å². The van der Waals surface area contributed by atoms with Crippen LogP contribution in [0, 0.1) is 16.7 Å². The van der Waals surface area contributed by atoms with Gasteiger partial charge in [0, 0.05) is 39.8 Å². The van der Waals surface area contributed by atoms with Crippen molar-refractivity contribution in [3.05, 3.63) is 29.8 Å². The highest BCUT2D eigenvalue weighted by atomic mass is 16.5. The lowest BCUT2D eigenvalue weighted by atomic mass is 9.65. The highest BCUT2D eigenvalue weighted by Crippen LogP contribution is 2.61. The van der Waals surface area contributed by atoms with E-state index in [1.54, 1.807) is 14.2 Å². The van der Waals surface area contributed by atoms with Crippen molar-refractivity contribution in [2.45, 2.75) is 32.2 Å². The molecule has 0 aromatic heterocycles. The molecule has 3 fully saturated rings. The molecule has 1 aromatic carbocycles. The molecular formula is C23H34N4O3. The third-order valence-corrected chi connectivity index (χ3v) is 7.83. The van der Waals surface area contributed by atoms with Crippen LogP contribution in [0.1, 0.15) is 31.2 Å². The van der Waals surface area contributed by atoms with Crippen molar-refractivity contribution in [1.29, 1.82) is 0 Å². The van der Waals surface area contributed by atoms with E-state index >= 15 is 0 Å². The van der Waals surface area contributed by atoms with Crippen molar-refractivity contribution in [3.8, 4) is 5.75 Å². The molecule has 1 aliphatic carbocycles. The first-order chi connectivity index (χ1) is 14.4. The predicted octanol–water partition coefficient (Wildman–Crippen LogP) is 2.07. The molecule has 2 saturated heterocycles. The summed E-state index contributed by atoms with van der Waals surface area (Å²) in [5.74, 6) is 1.38. The summed E-state index contributed by atoms with van der Waals surface area (Å²) in [6.45, 7) is 3.84. The molecular weight excluding hydrogens is 380 g/mol. The zero-order valence-electron chi connectivity index (χ0n) is 18.4. The molecule has 7 heteroatoms. The maximum absolute atomic E-state index is 12.8. The van der Waals surface area contributed by atoms with Crippen LogP contribution in [0.15, 0.2) is 24.3 Å². The second kappa shape index (κ2) is 8.10. The third-order valence-electron chi connectivity index (χ3n) is 7.83. The molecule has 30 heavy (non-hydrogen) atoms. The van der Waals surface area contributed by atoms with Gasteiger partial charge in [0.1, 0.15) is 5.75 Å². The van der Waals surface area contributed by atoms with E-state index in [4.69, 9.17) is 4.74 Å². The first kappa shape index (κ1) is 21.0. The molecule has 2 aliphatic heterocycles. The maximum atomic E-state index is 12.8. The number of fused-ring (bicyclic) bond motifs is 2. The van der Waals surface area contributed by atoms with Gasteiger partial charge in [0.2, 0.25) is 5.91 Å². The molecule has 1 spiro atoms. The fraction of sp³-hybridized carbons (Fsp3) is 0.652. The lowest BCUT2D eigenvalue weighted by Gasteiger charge is -2.44. The Morgan fingerprint density at radius 3 is 2.67 bits per heavy atom. The van der Waals surface area contributed by atoms with Gasteiger partial charge in [-0.25, -0.2) is 4.79 Å². The normalized spacial score (nSPS) is 27.7. The Balaban J connectivity index is 1.36. The molecule has 3 amide bonds. The van der Waals surface area contributed by atoms with Crippen LogP contribution in [0.2, 0.25) is 0 Å². The van der Waals surface area contributed by atoms with Crippen molar-refractivity contribution < 1.29 is 14.3 Å². The first-order valence-corrected chi connectivity index (χ1v) is 11.0. The Kier molecular flexibility index (Phi) is 5.66. The molecule has 4 rings (SSSR count). The summed E-state index contributed by atoms with van der Waals surface area (Å²) >= 11 is 0. The lowest BCUT2D eigenvalue weighted by Crippen LogP contribution is -2.51. The molecule has 1 saturated carbocycles. The number of carbonyl (C=O) groups excluding carboxylic acids is 2. The van der Waals surface area contributed by atoms with Crippen molar-refractivity contribution in [2.75, 3.05) is 47.4 Å². The summed E-state index contributed by atoms with van der Waals surface area (Å²) in [7, 11) is 5.52. The van der Waals surface area contributed by atoms with Crippen LogP contribution >= 0.6 is 0 Å². The van der Waals surface area contributed by atoms with E-state index in [2.05, 4.69) is 22.6 Å². The molecule has 2 atom stereocenters. The molecule has 7 nitrogen and oxygen atoms in total. The molecule has 0 radical (unpaired) electrons. The minimum Gasteiger partial charge on any atom is -0.497 e. The van der Waals surface area contributed by atoms with Gasteiger partial charge in [-0.05, 0) is 61.8 Å². The van der Waals surface area contributed by atoms with Gasteiger partial charge in [-0.2, -0.15) is 0 Å². The van der Waals surface area contributed by atoms with Gasteiger partial charge in [0.15, 0.2) is 0 Å². The minimum absolute atomic E-state index is 0.00762. The molecule has 1 aromatic rings. The molecule has 0 unspecified atom stereocenters. The van der Waals surface area contributed by atoms with E-state index in [-0.39, 0.29) is 22.8 Å². The van der Waals surface area contributed by atoms with Crippen LogP contribution < -0.4 is 15.4 Å². The number of likely N-dealkylation sites (tertiary alicyclic amines) is 2. The van der Waals surface area contributed by atoms with Crippen LogP contribution in [0.3, 0.4) is 0 Å². The number of nitrogens with zero attached hydrogens (tertiary/aromatic N) is 2. The molecule has 3 aliphatic rings. The van der Waals surface area contributed by atoms with Gasteiger partial charge in [-0.15, -0.1) is 0 Å². The standard InChI is InChI=1S/C23H34N4O3/c1-24-20(28)23-8-7-22(19(23)15-26(2)16-23)9-11-27(12-10-22)21(29)25-14-17-5-4-6-18(13-17)30-3/h4-6,13,19H,7-12,14-16H2,1-3H3,(H,24,28)(H,25,29)/t19-,23-/m1/s1. The van der Waals surface area contributed by atoms with Gasteiger partial charge < -0.3 is 25.2 Å². The molecule has 0 bridgehead atoms. The summed E-state index contributed by atoms with van der Waals surface area (Å²) in [6, 6.07) is 7.76. The Morgan fingerprint density at radius 2 is 1.97 bits per heavy atom. The van der Waals surface area contributed by atoms with E-state index in [1.807, 2.05) is 29.2 Å². The van der Waals surface area contributed by atoms with Crippen molar-refractivity contribution >= 4 is 11.9 Å². The summed E-state index contributed by atoms with van der Waals surface area (Å²) in [6.07, 6.45) is 4.02. The smallest absolute Gasteiger partial charge is 0.317 e. The maximum Gasteiger partial charge on any atom is 0.317 e.